The normalized spacial score (nSPS) is 11.4. The van der Waals surface area contributed by atoms with E-state index in [1.165, 1.54) is 0 Å². The lowest BCUT2D eigenvalue weighted by atomic mass is 10.0. The Kier molecular flexibility index (Phi) is 4.37. The van der Waals surface area contributed by atoms with E-state index in [4.69, 9.17) is 15.4 Å². The summed E-state index contributed by atoms with van der Waals surface area (Å²) in [5.41, 5.74) is 9.96. The van der Waals surface area contributed by atoms with Crippen molar-refractivity contribution in [1.29, 1.82) is 0 Å². The zero-order valence-corrected chi connectivity index (χ0v) is 9.62. The van der Waals surface area contributed by atoms with Crippen molar-refractivity contribution in [3.05, 3.63) is 39.8 Å². The molecule has 0 saturated carbocycles. The van der Waals surface area contributed by atoms with Gasteiger partial charge in [0.2, 0.25) is 0 Å². The van der Waals surface area contributed by atoms with Crippen molar-refractivity contribution in [2.75, 3.05) is 7.11 Å². The Morgan fingerprint density at radius 1 is 1.65 bits per heavy atom. The molecule has 1 N–H and O–H groups in total. The summed E-state index contributed by atoms with van der Waals surface area (Å²) >= 11 is 0. The summed E-state index contributed by atoms with van der Waals surface area (Å²) in [6.45, 7) is 1.84. The summed E-state index contributed by atoms with van der Waals surface area (Å²) in [7, 11) is 1.56. The summed E-state index contributed by atoms with van der Waals surface area (Å²) in [5, 5.41) is 12.2. The Morgan fingerprint density at radius 2 is 2.35 bits per heavy atom. The van der Waals surface area contributed by atoms with Gasteiger partial charge >= 0.3 is 5.97 Å². The van der Waals surface area contributed by atoms with Crippen LogP contribution in [0.15, 0.2) is 23.3 Å². The number of azide groups is 1. The van der Waals surface area contributed by atoms with Crippen LogP contribution in [0.5, 0.6) is 5.75 Å². The Hall–Kier alpha value is -2.20. The second-order valence-electron chi connectivity index (χ2n) is 3.55. The summed E-state index contributed by atoms with van der Waals surface area (Å²) in [4.78, 5) is 13.3. The van der Waals surface area contributed by atoms with Gasteiger partial charge < -0.3 is 9.84 Å². The monoisotopic (exact) mass is 235 g/mol. The number of hydrogen-bond donors (Lipinski definition) is 1. The van der Waals surface area contributed by atoms with Gasteiger partial charge in [-0.15, -0.1) is 0 Å². The number of benzene rings is 1. The van der Waals surface area contributed by atoms with Gasteiger partial charge in [0.1, 0.15) is 5.75 Å². The number of carbonyl (C=O) groups is 1. The SMILES string of the molecule is COc1ccc(C(CC(=O)O)N=[N+]=[N-])cc1C. The average Bonchev–Trinajstić information content (AvgIpc) is 2.28. The van der Waals surface area contributed by atoms with Gasteiger partial charge in [0.15, 0.2) is 0 Å². The minimum Gasteiger partial charge on any atom is -0.496 e. The van der Waals surface area contributed by atoms with Crippen LogP contribution in [0, 0.1) is 6.92 Å². The van der Waals surface area contributed by atoms with Gasteiger partial charge in [0.25, 0.3) is 0 Å². The van der Waals surface area contributed by atoms with Gasteiger partial charge in [-0.05, 0) is 29.6 Å². The maximum atomic E-state index is 10.7. The van der Waals surface area contributed by atoms with Gasteiger partial charge in [-0.1, -0.05) is 17.2 Å². The molecule has 17 heavy (non-hydrogen) atoms. The molecular formula is C11H13N3O3. The Bertz CT molecular complexity index is 467. The number of nitrogens with zero attached hydrogens (tertiary/aromatic N) is 3. The lowest BCUT2D eigenvalue weighted by molar-refractivity contribution is -0.137. The van der Waals surface area contributed by atoms with Crippen LogP contribution in [0.4, 0.5) is 0 Å². The van der Waals surface area contributed by atoms with Crippen molar-refractivity contribution >= 4 is 5.97 Å². The highest BCUT2D eigenvalue weighted by Gasteiger charge is 2.14. The fourth-order valence-electron chi connectivity index (χ4n) is 1.56. The van der Waals surface area contributed by atoms with Crippen molar-refractivity contribution in [3.8, 4) is 5.75 Å². The standard InChI is InChI=1S/C11H13N3O3/c1-7-5-8(3-4-10(7)17-2)9(13-14-12)6-11(15)16/h3-5,9H,6H2,1-2H3,(H,15,16). The molecule has 90 valence electrons. The van der Waals surface area contributed by atoms with E-state index in [9.17, 15) is 4.79 Å². The van der Waals surface area contributed by atoms with Gasteiger partial charge in [0, 0.05) is 4.91 Å². The minimum absolute atomic E-state index is 0.226. The van der Waals surface area contributed by atoms with Crippen LogP contribution in [0.2, 0.25) is 0 Å². The molecule has 0 aliphatic heterocycles. The quantitative estimate of drug-likeness (QED) is 0.482. The highest BCUT2D eigenvalue weighted by atomic mass is 16.5. The molecule has 0 bridgehead atoms. The molecule has 0 aliphatic carbocycles. The maximum Gasteiger partial charge on any atom is 0.304 e. The highest BCUT2D eigenvalue weighted by molar-refractivity contribution is 5.68. The number of hydrogen-bond acceptors (Lipinski definition) is 3. The maximum absolute atomic E-state index is 10.7. The zero-order valence-electron chi connectivity index (χ0n) is 9.62. The van der Waals surface area contributed by atoms with Crippen molar-refractivity contribution in [2.24, 2.45) is 5.11 Å². The van der Waals surface area contributed by atoms with Crippen LogP contribution in [-0.4, -0.2) is 18.2 Å². The van der Waals surface area contributed by atoms with E-state index in [0.717, 1.165) is 5.56 Å². The fourth-order valence-corrected chi connectivity index (χ4v) is 1.56. The van der Waals surface area contributed by atoms with Crippen LogP contribution in [0.3, 0.4) is 0 Å². The third kappa shape index (κ3) is 3.39. The van der Waals surface area contributed by atoms with Gasteiger partial charge in [0.05, 0.1) is 19.6 Å². The van der Waals surface area contributed by atoms with Crippen molar-refractivity contribution < 1.29 is 14.6 Å². The van der Waals surface area contributed by atoms with E-state index in [1.807, 2.05) is 6.92 Å². The Morgan fingerprint density at radius 3 is 2.82 bits per heavy atom. The van der Waals surface area contributed by atoms with Crippen LogP contribution in [0.25, 0.3) is 10.4 Å². The van der Waals surface area contributed by atoms with E-state index in [2.05, 4.69) is 10.0 Å². The molecule has 1 rings (SSSR count). The summed E-state index contributed by atoms with van der Waals surface area (Å²) in [6, 6.07) is 4.50. The largest absolute Gasteiger partial charge is 0.496 e. The number of carboxylic acids is 1. The summed E-state index contributed by atoms with van der Waals surface area (Å²) in [5.74, 6) is -0.292. The molecule has 1 atom stereocenters. The van der Waals surface area contributed by atoms with E-state index < -0.39 is 12.0 Å². The van der Waals surface area contributed by atoms with Crippen LogP contribution >= 0.6 is 0 Å². The van der Waals surface area contributed by atoms with E-state index >= 15 is 0 Å². The number of carboxylic acid groups (broad SMARTS) is 1. The van der Waals surface area contributed by atoms with E-state index in [-0.39, 0.29) is 6.42 Å². The first-order valence-corrected chi connectivity index (χ1v) is 4.99. The third-order valence-corrected chi connectivity index (χ3v) is 2.36. The minimum atomic E-state index is -1.00. The van der Waals surface area contributed by atoms with Crippen LogP contribution in [-0.2, 0) is 4.79 Å². The second-order valence-corrected chi connectivity index (χ2v) is 3.55. The Balaban J connectivity index is 3.06. The molecule has 0 saturated heterocycles. The number of methoxy groups -OCH3 is 1. The molecule has 0 aromatic heterocycles. The zero-order chi connectivity index (χ0) is 12.8. The number of aryl methyl sites for hydroxylation is 1. The van der Waals surface area contributed by atoms with Gasteiger partial charge in [-0.3, -0.25) is 4.79 Å². The molecule has 0 amide bonds. The Labute approximate surface area is 98.5 Å². The molecule has 0 aliphatic rings. The summed E-state index contributed by atoms with van der Waals surface area (Å²) in [6.07, 6.45) is -0.226. The number of ether oxygens (including phenoxy) is 1. The smallest absolute Gasteiger partial charge is 0.304 e. The lowest BCUT2D eigenvalue weighted by Crippen LogP contribution is -2.04. The molecule has 1 aromatic rings. The van der Waals surface area contributed by atoms with Crippen molar-refractivity contribution in [3.63, 3.8) is 0 Å². The average molecular weight is 235 g/mol. The molecule has 0 fully saturated rings. The van der Waals surface area contributed by atoms with E-state index in [1.54, 1.807) is 25.3 Å². The molecule has 6 heteroatoms. The molecule has 0 heterocycles. The van der Waals surface area contributed by atoms with Gasteiger partial charge in [-0.25, -0.2) is 0 Å². The van der Waals surface area contributed by atoms with Crippen molar-refractivity contribution in [1.82, 2.24) is 0 Å². The van der Waals surface area contributed by atoms with Gasteiger partial charge in [-0.2, -0.15) is 0 Å². The fraction of sp³-hybridized carbons (Fsp3) is 0.364. The molecule has 1 aromatic carbocycles. The molecule has 0 spiro atoms. The van der Waals surface area contributed by atoms with Crippen molar-refractivity contribution in [2.45, 2.75) is 19.4 Å². The first-order chi connectivity index (χ1) is 8.08. The first kappa shape index (κ1) is 12.9. The molecule has 0 radical (unpaired) electrons. The highest BCUT2D eigenvalue weighted by Crippen LogP contribution is 2.26. The third-order valence-electron chi connectivity index (χ3n) is 2.36. The second kappa shape index (κ2) is 5.77. The number of rotatable bonds is 5. The molecule has 6 nitrogen and oxygen atoms in total. The summed E-state index contributed by atoms with van der Waals surface area (Å²) < 4.78 is 5.10. The van der Waals surface area contributed by atoms with Crippen LogP contribution < -0.4 is 4.74 Å². The topological polar surface area (TPSA) is 95.3 Å². The number of aliphatic carboxylic acids is 1. The molecule has 1 unspecified atom stereocenters. The predicted molar refractivity (Wildman–Crippen MR) is 61.9 cm³/mol. The predicted octanol–water partition coefficient (Wildman–Crippen LogP) is 2.83. The lowest BCUT2D eigenvalue weighted by Gasteiger charge is -2.11. The first-order valence-electron chi connectivity index (χ1n) is 4.99. The molecular weight excluding hydrogens is 222 g/mol. The van der Waals surface area contributed by atoms with Crippen LogP contribution in [0.1, 0.15) is 23.6 Å². The van der Waals surface area contributed by atoms with E-state index in [0.29, 0.717) is 11.3 Å².